The minimum atomic E-state index is -0.0490. The van der Waals surface area contributed by atoms with Crippen LogP contribution in [-0.4, -0.2) is 4.40 Å². The number of fused-ring (bicyclic) bond motifs is 1. The fraction of sp³-hybridized carbons (Fsp3) is 0.167. The minimum Gasteiger partial charge on any atom is -0.303 e. The maximum absolute atomic E-state index is 6.75. The lowest BCUT2D eigenvalue weighted by molar-refractivity contribution is 0.590. The second-order valence-corrected chi connectivity index (χ2v) is 8.68. The second kappa shape index (κ2) is 7.20. The molecule has 2 aromatic carbocycles. The van der Waals surface area contributed by atoms with Gasteiger partial charge in [0.05, 0.1) is 15.7 Å². The van der Waals surface area contributed by atoms with Crippen molar-refractivity contribution in [3.8, 4) is 0 Å². The highest BCUT2D eigenvalue weighted by Gasteiger charge is 2.23. The number of para-hydroxylation sites is 1. The van der Waals surface area contributed by atoms with Crippen LogP contribution in [0.25, 0.3) is 5.52 Å². The highest BCUT2D eigenvalue weighted by atomic mass is 35.5. The Hall–Kier alpha value is -2.42. The van der Waals surface area contributed by atoms with Crippen molar-refractivity contribution < 1.29 is 0 Å². The Labute approximate surface area is 175 Å². The van der Waals surface area contributed by atoms with Crippen LogP contribution in [0.5, 0.6) is 0 Å². The van der Waals surface area contributed by atoms with Crippen molar-refractivity contribution in [2.45, 2.75) is 26.2 Å². The Kier molecular flexibility index (Phi) is 4.86. The first-order chi connectivity index (χ1) is 13.4. The molecule has 0 atom stereocenters. The van der Waals surface area contributed by atoms with Gasteiger partial charge in [0.25, 0.3) is 0 Å². The summed E-state index contributed by atoms with van der Waals surface area (Å²) in [5.41, 5.74) is 4.10. The third kappa shape index (κ3) is 3.39. The van der Waals surface area contributed by atoms with Gasteiger partial charge < -0.3 is 4.40 Å². The van der Waals surface area contributed by atoms with Gasteiger partial charge >= 0.3 is 0 Å². The molecule has 4 aromatic rings. The Morgan fingerprint density at radius 2 is 1.54 bits per heavy atom. The van der Waals surface area contributed by atoms with Gasteiger partial charge in [0.15, 0.2) is 0 Å². The fourth-order valence-electron chi connectivity index (χ4n) is 3.37. The number of rotatable bonds is 3. The zero-order valence-electron chi connectivity index (χ0n) is 16.2. The normalized spacial score (nSPS) is 11.8. The van der Waals surface area contributed by atoms with Crippen LogP contribution in [-0.2, 0) is 5.41 Å². The van der Waals surface area contributed by atoms with Gasteiger partial charge in [-0.05, 0) is 59.5 Å². The lowest BCUT2D eigenvalue weighted by atomic mass is 9.86. The number of hydrogen-bond acceptors (Lipinski definition) is 1. The number of halogens is 2. The Bertz CT molecular complexity index is 1120. The molecule has 28 heavy (non-hydrogen) atoms. The number of aromatic nitrogens is 1. The van der Waals surface area contributed by atoms with Crippen LogP contribution in [0.4, 0.5) is 17.2 Å². The average Bonchev–Trinajstić information content (AvgIpc) is 3.09. The first kappa shape index (κ1) is 18.9. The molecule has 2 nitrogen and oxygen atoms in total. The van der Waals surface area contributed by atoms with E-state index < -0.39 is 0 Å². The Balaban J connectivity index is 2.02. The molecule has 0 radical (unpaired) electrons. The lowest BCUT2D eigenvalue weighted by Gasteiger charge is -2.29. The molecular formula is C24H22Cl2N2. The molecule has 4 heteroatoms. The van der Waals surface area contributed by atoms with Crippen molar-refractivity contribution in [2.24, 2.45) is 0 Å². The molecule has 0 aliphatic heterocycles. The molecule has 0 aliphatic rings. The second-order valence-electron chi connectivity index (χ2n) is 7.90. The topological polar surface area (TPSA) is 7.65 Å². The lowest BCUT2D eigenvalue weighted by Crippen LogP contribution is -2.16. The molecule has 0 saturated heterocycles. The monoisotopic (exact) mass is 408 g/mol. The van der Waals surface area contributed by atoms with Crippen LogP contribution >= 0.6 is 23.2 Å². The van der Waals surface area contributed by atoms with E-state index in [0.29, 0.717) is 10.0 Å². The molecule has 2 heterocycles. The molecule has 2 aromatic heterocycles. The molecular weight excluding hydrogens is 387 g/mol. The molecule has 0 spiro atoms. The van der Waals surface area contributed by atoms with Gasteiger partial charge in [-0.25, -0.2) is 0 Å². The summed E-state index contributed by atoms with van der Waals surface area (Å²) >= 11 is 13.3. The number of benzene rings is 2. The van der Waals surface area contributed by atoms with Gasteiger partial charge in [-0.2, -0.15) is 0 Å². The molecule has 0 unspecified atom stereocenters. The molecule has 142 valence electrons. The van der Waals surface area contributed by atoms with E-state index in [1.165, 1.54) is 0 Å². The maximum Gasteiger partial charge on any atom is 0.122 e. The Morgan fingerprint density at radius 3 is 2.25 bits per heavy atom. The summed E-state index contributed by atoms with van der Waals surface area (Å²) in [6, 6.07) is 24.7. The predicted octanol–water partition coefficient (Wildman–Crippen LogP) is 8.01. The summed E-state index contributed by atoms with van der Waals surface area (Å²) in [5.74, 6) is 1.01. The van der Waals surface area contributed by atoms with Gasteiger partial charge in [0.2, 0.25) is 0 Å². The van der Waals surface area contributed by atoms with Crippen LogP contribution in [0.1, 0.15) is 26.3 Å². The highest BCUT2D eigenvalue weighted by molar-refractivity contribution is 6.44. The van der Waals surface area contributed by atoms with Crippen LogP contribution in [0.3, 0.4) is 0 Å². The zero-order chi connectivity index (χ0) is 19.9. The van der Waals surface area contributed by atoms with Crippen molar-refractivity contribution in [1.29, 1.82) is 0 Å². The summed E-state index contributed by atoms with van der Waals surface area (Å²) in [4.78, 5) is 2.16. The summed E-state index contributed by atoms with van der Waals surface area (Å²) in [6.45, 7) is 6.53. The van der Waals surface area contributed by atoms with Gasteiger partial charge in [-0.1, -0.05) is 68.2 Å². The molecule has 0 saturated carbocycles. The van der Waals surface area contributed by atoms with Crippen molar-refractivity contribution in [1.82, 2.24) is 4.40 Å². The molecule has 0 fully saturated rings. The van der Waals surface area contributed by atoms with E-state index in [2.05, 4.69) is 72.7 Å². The summed E-state index contributed by atoms with van der Waals surface area (Å²) in [5, 5.41) is 1.11. The standard InChI is InChI=1S/C24H22Cl2N2/c1-24(2,3)17-15-20(25)23(26)21(16-17)28(19-10-5-4-6-11-19)22-13-12-18-9-7-8-14-27(18)22/h4-16H,1-3H3. The predicted molar refractivity (Wildman–Crippen MR) is 121 cm³/mol. The molecule has 0 bridgehead atoms. The van der Waals surface area contributed by atoms with Crippen molar-refractivity contribution in [3.05, 3.63) is 94.6 Å². The zero-order valence-corrected chi connectivity index (χ0v) is 17.7. The summed E-state index contributed by atoms with van der Waals surface area (Å²) in [6.07, 6.45) is 2.06. The van der Waals surface area contributed by atoms with Crippen LogP contribution in [0.2, 0.25) is 10.0 Å². The molecule has 0 N–H and O–H groups in total. The number of nitrogens with zero attached hydrogens (tertiary/aromatic N) is 2. The third-order valence-electron chi connectivity index (χ3n) is 4.90. The molecule has 4 rings (SSSR count). The van der Waals surface area contributed by atoms with E-state index in [4.69, 9.17) is 23.2 Å². The van der Waals surface area contributed by atoms with E-state index in [0.717, 1.165) is 28.3 Å². The van der Waals surface area contributed by atoms with E-state index in [9.17, 15) is 0 Å². The van der Waals surface area contributed by atoms with Crippen LogP contribution in [0, 0.1) is 0 Å². The summed E-state index contributed by atoms with van der Waals surface area (Å²) in [7, 11) is 0. The van der Waals surface area contributed by atoms with Crippen molar-refractivity contribution in [2.75, 3.05) is 4.90 Å². The van der Waals surface area contributed by atoms with Crippen molar-refractivity contribution in [3.63, 3.8) is 0 Å². The highest BCUT2D eigenvalue weighted by Crippen LogP contribution is 2.44. The largest absolute Gasteiger partial charge is 0.303 e. The van der Waals surface area contributed by atoms with Gasteiger partial charge in [0, 0.05) is 17.4 Å². The number of anilines is 3. The number of hydrogen-bond donors (Lipinski definition) is 0. The van der Waals surface area contributed by atoms with E-state index >= 15 is 0 Å². The first-order valence-corrected chi connectivity index (χ1v) is 10.0. The minimum absolute atomic E-state index is 0.0490. The molecule has 0 aliphatic carbocycles. The van der Waals surface area contributed by atoms with Gasteiger partial charge in [-0.3, -0.25) is 4.90 Å². The molecule has 0 amide bonds. The van der Waals surface area contributed by atoms with Crippen LogP contribution in [0.15, 0.2) is 79.0 Å². The van der Waals surface area contributed by atoms with E-state index in [1.54, 1.807) is 0 Å². The van der Waals surface area contributed by atoms with E-state index in [-0.39, 0.29) is 5.41 Å². The van der Waals surface area contributed by atoms with Crippen LogP contribution < -0.4 is 4.90 Å². The summed E-state index contributed by atoms with van der Waals surface area (Å²) < 4.78 is 2.15. The Morgan fingerprint density at radius 1 is 0.821 bits per heavy atom. The smallest absolute Gasteiger partial charge is 0.122 e. The first-order valence-electron chi connectivity index (χ1n) is 9.27. The van der Waals surface area contributed by atoms with Crippen molar-refractivity contribution >= 4 is 45.9 Å². The van der Waals surface area contributed by atoms with E-state index in [1.807, 2.05) is 36.4 Å². The van der Waals surface area contributed by atoms with Gasteiger partial charge in [-0.15, -0.1) is 0 Å². The SMILES string of the molecule is CC(C)(C)c1cc(Cl)c(Cl)c(N(c2ccccc2)c2ccc3ccccn23)c1. The average molecular weight is 409 g/mol. The third-order valence-corrected chi connectivity index (χ3v) is 5.69. The maximum atomic E-state index is 6.75. The van der Waals surface area contributed by atoms with Gasteiger partial charge in [0.1, 0.15) is 5.82 Å². The fourth-order valence-corrected chi connectivity index (χ4v) is 3.77. The quantitative estimate of drug-likeness (QED) is 0.332. The number of pyridine rings is 1.